The van der Waals surface area contributed by atoms with Gasteiger partial charge in [0.05, 0.1) is 5.56 Å². The Morgan fingerprint density at radius 2 is 1.46 bits per heavy atom. The van der Waals surface area contributed by atoms with Crippen molar-refractivity contribution in [3.63, 3.8) is 0 Å². The molecule has 1 aliphatic rings. The van der Waals surface area contributed by atoms with Crippen molar-refractivity contribution >= 4 is 46.0 Å². The van der Waals surface area contributed by atoms with Gasteiger partial charge in [0.1, 0.15) is 0 Å². The Kier molecular flexibility index (Phi) is 6.45. The maximum Gasteiger partial charge on any atom is 0.255 e. The Labute approximate surface area is 177 Å². The van der Waals surface area contributed by atoms with Crippen molar-refractivity contribution in [1.29, 1.82) is 0 Å². The number of hydrogen-bond acceptors (Lipinski definition) is 3. The second-order valence-corrected chi connectivity index (χ2v) is 7.50. The molecule has 0 radical (unpaired) electrons. The molecule has 0 saturated carbocycles. The topological polar surface area (TPSA) is 69.7 Å². The molecule has 1 saturated heterocycles. The summed E-state index contributed by atoms with van der Waals surface area (Å²) < 4.78 is 0.923. The third-order valence-electron chi connectivity index (χ3n) is 4.54. The summed E-state index contributed by atoms with van der Waals surface area (Å²) >= 11 is 2.16. The highest BCUT2D eigenvalue weighted by Crippen LogP contribution is 2.17. The van der Waals surface area contributed by atoms with E-state index < -0.39 is 0 Å². The molecule has 1 fully saturated rings. The Morgan fingerprint density at radius 1 is 0.893 bits per heavy atom. The zero-order valence-electron chi connectivity index (χ0n) is 15.2. The van der Waals surface area contributed by atoms with Crippen LogP contribution in [0.3, 0.4) is 0 Å². The monoisotopic (exact) mass is 489 g/mol. The minimum absolute atomic E-state index is 0.000544. The molecular formula is C21H20IN3O3. The highest BCUT2D eigenvalue weighted by Gasteiger charge is 2.26. The number of anilines is 1. The molecule has 28 heavy (non-hydrogen) atoms. The van der Waals surface area contributed by atoms with E-state index in [2.05, 4.69) is 34.5 Å². The van der Waals surface area contributed by atoms with Gasteiger partial charge < -0.3 is 15.1 Å². The van der Waals surface area contributed by atoms with E-state index in [0.717, 1.165) is 3.57 Å². The number of hydrogen-bond donors (Lipinski definition) is 1. The molecule has 1 heterocycles. The van der Waals surface area contributed by atoms with Crippen molar-refractivity contribution < 1.29 is 14.4 Å². The predicted molar refractivity (Wildman–Crippen MR) is 116 cm³/mol. The molecule has 144 valence electrons. The molecule has 0 aliphatic carbocycles. The van der Waals surface area contributed by atoms with Crippen LogP contribution in [0.1, 0.15) is 20.7 Å². The van der Waals surface area contributed by atoms with Crippen LogP contribution in [0.2, 0.25) is 0 Å². The Bertz CT molecular complexity index is 903. The highest BCUT2D eigenvalue weighted by molar-refractivity contribution is 14.1. The van der Waals surface area contributed by atoms with Crippen molar-refractivity contribution in [2.24, 2.45) is 0 Å². The number of nitrogens with one attached hydrogen (secondary N) is 1. The van der Waals surface area contributed by atoms with Gasteiger partial charge in [-0.25, -0.2) is 0 Å². The van der Waals surface area contributed by atoms with Gasteiger partial charge in [0, 0.05) is 41.0 Å². The molecule has 7 heteroatoms. The number of rotatable bonds is 4. The molecule has 6 nitrogen and oxygen atoms in total. The Morgan fingerprint density at radius 3 is 2.04 bits per heavy atom. The molecule has 2 aromatic carbocycles. The molecule has 0 bridgehead atoms. The summed E-state index contributed by atoms with van der Waals surface area (Å²) in [6.45, 7) is 5.39. The third kappa shape index (κ3) is 4.59. The fourth-order valence-electron chi connectivity index (χ4n) is 2.99. The normalized spacial score (nSPS) is 13.8. The van der Waals surface area contributed by atoms with Gasteiger partial charge in [-0.2, -0.15) is 0 Å². The summed E-state index contributed by atoms with van der Waals surface area (Å²) in [6.07, 6.45) is 1.19. The van der Waals surface area contributed by atoms with Crippen LogP contribution < -0.4 is 5.32 Å². The van der Waals surface area contributed by atoms with Gasteiger partial charge in [0.25, 0.3) is 11.8 Å². The average Bonchev–Trinajstić information content (AvgIpc) is 2.73. The first kappa shape index (κ1) is 20.1. The summed E-state index contributed by atoms with van der Waals surface area (Å²) in [6, 6.07) is 14.2. The minimum Gasteiger partial charge on any atom is -0.335 e. The van der Waals surface area contributed by atoms with Crippen LogP contribution in [0.15, 0.2) is 61.2 Å². The summed E-state index contributed by atoms with van der Waals surface area (Å²) in [5, 5.41) is 2.65. The molecule has 3 amide bonds. The van der Waals surface area contributed by atoms with E-state index in [1.54, 1.807) is 34.1 Å². The van der Waals surface area contributed by atoms with E-state index in [-0.39, 0.29) is 17.7 Å². The second kappa shape index (κ2) is 9.01. The molecule has 0 aromatic heterocycles. The molecule has 3 rings (SSSR count). The van der Waals surface area contributed by atoms with Crippen molar-refractivity contribution in [1.82, 2.24) is 9.80 Å². The number of carbonyl (C=O) groups is 3. The lowest BCUT2D eigenvalue weighted by Gasteiger charge is -2.35. The maximum atomic E-state index is 12.7. The van der Waals surface area contributed by atoms with Gasteiger partial charge in [0.2, 0.25) is 5.91 Å². The fourth-order valence-corrected chi connectivity index (χ4v) is 3.61. The smallest absolute Gasteiger partial charge is 0.255 e. The second-order valence-electron chi connectivity index (χ2n) is 6.33. The van der Waals surface area contributed by atoms with Crippen LogP contribution in [-0.4, -0.2) is 53.7 Å². The summed E-state index contributed by atoms with van der Waals surface area (Å²) in [5.41, 5.74) is 1.85. The lowest BCUT2D eigenvalue weighted by Crippen LogP contribution is -2.50. The van der Waals surface area contributed by atoms with Crippen LogP contribution in [0.4, 0.5) is 5.69 Å². The van der Waals surface area contributed by atoms with Crippen LogP contribution in [0.25, 0.3) is 0 Å². The van der Waals surface area contributed by atoms with Crippen LogP contribution in [0, 0.1) is 3.57 Å². The van der Waals surface area contributed by atoms with Gasteiger partial charge >= 0.3 is 0 Å². The van der Waals surface area contributed by atoms with Gasteiger partial charge in [-0.05, 0) is 65.1 Å². The van der Waals surface area contributed by atoms with E-state index in [1.807, 2.05) is 24.3 Å². The highest BCUT2D eigenvalue weighted by atomic mass is 127. The van der Waals surface area contributed by atoms with Crippen LogP contribution >= 0.6 is 22.6 Å². The van der Waals surface area contributed by atoms with E-state index in [9.17, 15) is 14.4 Å². The number of benzene rings is 2. The molecule has 0 unspecified atom stereocenters. The first-order valence-electron chi connectivity index (χ1n) is 8.86. The van der Waals surface area contributed by atoms with Crippen molar-refractivity contribution in [3.8, 4) is 0 Å². The SMILES string of the molecule is C=CC(=O)Nc1ccc(C(=O)N2CCN(C(=O)c3ccccc3I)CC2)cc1. The quantitative estimate of drug-likeness (QED) is 0.531. The van der Waals surface area contributed by atoms with E-state index in [1.165, 1.54) is 6.08 Å². The first-order chi connectivity index (χ1) is 13.5. The van der Waals surface area contributed by atoms with Crippen LogP contribution in [0.5, 0.6) is 0 Å². The largest absolute Gasteiger partial charge is 0.335 e. The summed E-state index contributed by atoms with van der Waals surface area (Å²) in [5.74, 6) is -0.379. The van der Waals surface area contributed by atoms with Gasteiger partial charge in [-0.3, -0.25) is 14.4 Å². The maximum absolute atomic E-state index is 12.7. The lowest BCUT2D eigenvalue weighted by atomic mass is 10.1. The van der Waals surface area contributed by atoms with Crippen LogP contribution in [-0.2, 0) is 4.79 Å². The molecule has 0 atom stereocenters. The van der Waals surface area contributed by atoms with Crippen molar-refractivity contribution in [2.75, 3.05) is 31.5 Å². The van der Waals surface area contributed by atoms with Gasteiger partial charge in [-0.1, -0.05) is 18.7 Å². The molecule has 1 aliphatic heterocycles. The Hall–Kier alpha value is -2.68. The summed E-state index contributed by atoms with van der Waals surface area (Å²) in [7, 11) is 0. The van der Waals surface area contributed by atoms with E-state index in [4.69, 9.17) is 0 Å². The zero-order chi connectivity index (χ0) is 20.1. The minimum atomic E-state index is -0.298. The number of carbonyl (C=O) groups excluding carboxylic acids is 3. The van der Waals surface area contributed by atoms with Gasteiger partial charge in [0.15, 0.2) is 0 Å². The standard InChI is InChI=1S/C21H20IN3O3/c1-2-19(26)23-16-9-7-15(8-10-16)20(27)24-11-13-25(14-12-24)21(28)17-5-3-4-6-18(17)22/h2-10H,1,11-14H2,(H,23,26). The van der Waals surface area contributed by atoms with E-state index in [0.29, 0.717) is 43.0 Å². The average molecular weight is 489 g/mol. The van der Waals surface area contributed by atoms with E-state index >= 15 is 0 Å². The molecular weight excluding hydrogens is 469 g/mol. The Balaban J connectivity index is 1.59. The third-order valence-corrected chi connectivity index (χ3v) is 5.48. The number of halogens is 1. The number of piperazine rings is 1. The number of nitrogens with zero attached hydrogens (tertiary/aromatic N) is 2. The van der Waals surface area contributed by atoms with Crippen molar-refractivity contribution in [2.45, 2.75) is 0 Å². The lowest BCUT2D eigenvalue weighted by molar-refractivity contribution is -0.111. The predicted octanol–water partition coefficient (Wildman–Crippen LogP) is 3.01. The van der Waals surface area contributed by atoms with Gasteiger partial charge in [-0.15, -0.1) is 0 Å². The fraction of sp³-hybridized carbons (Fsp3) is 0.190. The number of amides is 3. The summed E-state index contributed by atoms with van der Waals surface area (Å²) in [4.78, 5) is 40.3. The molecule has 2 aromatic rings. The zero-order valence-corrected chi connectivity index (χ0v) is 17.4. The molecule has 0 spiro atoms. The first-order valence-corrected chi connectivity index (χ1v) is 9.94. The molecule has 1 N–H and O–H groups in total. The van der Waals surface area contributed by atoms with Crippen molar-refractivity contribution in [3.05, 3.63) is 75.9 Å².